The number of hydrogen-bond acceptors (Lipinski definition) is 4. The van der Waals surface area contributed by atoms with E-state index in [9.17, 15) is 9.59 Å². The average Bonchev–Trinajstić information content (AvgIpc) is 2.81. The number of carbonyl (C=O) groups is 2. The molecular formula is C28H36ClNO3. The van der Waals surface area contributed by atoms with Crippen molar-refractivity contribution in [3.8, 4) is 5.75 Å². The molecule has 0 radical (unpaired) electrons. The topological polar surface area (TPSA) is 46.6 Å². The van der Waals surface area contributed by atoms with Gasteiger partial charge in [-0.05, 0) is 50.3 Å². The fraction of sp³-hybridized carbons (Fsp3) is 0.571. The van der Waals surface area contributed by atoms with Gasteiger partial charge in [-0.3, -0.25) is 9.59 Å². The number of nitrogens with zero attached hydrogens (tertiary/aromatic N) is 1. The zero-order valence-electron chi connectivity index (χ0n) is 20.1. The second-order valence-electron chi connectivity index (χ2n) is 9.56. The van der Waals surface area contributed by atoms with Crippen molar-refractivity contribution < 1.29 is 14.3 Å². The van der Waals surface area contributed by atoms with Crippen LogP contribution in [0.5, 0.6) is 5.75 Å². The Balaban J connectivity index is 1.67. The third-order valence-electron chi connectivity index (χ3n) is 7.28. The summed E-state index contributed by atoms with van der Waals surface area (Å²) in [7, 11) is 2.02. The van der Waals surface area contributed by atoms with Gasteiger partial charge in [-0.2, -0.15) is 0 Å². The molecular weight excluding hydrogens is 434 g/mol. The van der Waals surface area contributed by atoms with E-state index < -0.39 is 0 Å². The van der Waals surface area contributed by atoms with Gasteiger partial charge in [-0.15, -0.1) is 0 Å². The highest BCUT2D eigenvalue weighted by Crippen LogP contribution is 2.50. The number of ketones is 2. The summed E-state index contributed by atoms with van der Waals surface area (Å²) in [6, 6.07) is 5.66. The molecule has 0 fully saturated rings. The molecule has 4 rings (SSSR count). The van der Waals surface area contributed by atoms with Gasteiger partial charge >= 0.3 is 0 Å². The predicted molar refractivity (Wildman–Crippen MR) is 133 cm³/mol. The van der Waals surface area contributed by atoms with E-state index in [1.54, 1.807) is 0 Å². The first-order chi connectivity index (χ1) is 16.0. The Bertz CT molecular complexity index is 933. The maximum atomic E-state index is 13.2. The summed E-state index contributed by atoms with van der Waals surface area (Å²) in [6.45, 7) is 2.86. The van der Waals surface area contributed by atoms with Crippen LogP contribution in [0.3, 0.4) is 0 Å². The Labute approximate surface area is 203 Å². The SMILES string of the molecule is CCCCCCCCOc1ccc(Cl)cc1C1C2=C(CCCC2=O)N(C)C2=C1C(=O)CCC2. The molecule has 0 amide bonds. The largest absolute Gasteiger partial charge is 0.493 e. The lowest BCUT2D eigenvalue weighted by molar-refractivity contribution is -0.117. The van der Waals surface area contributed by atoms with E-state index in [2.05, 4.69) is 11.8 Å². The van der Waals surface area contributed by atoms with E-state index in [-0.39, 0.29) is 17.5 Å². The van der Waals surface area contributed by atoms with Crippen LogP contribution in [0.2, 0.25) is 5.02 Å². The van der Waals surface area contributed by atoms with Crippen molar-refractivity contribution in [3.05, 3.63) is 51.3 Å². The van der Waals surface area contributed by atoms with Gasteiger partial charge in [0.15, 0.2) is 11.6 Å². The van der Waals surface area contributed by atoms with Gasteiger partial charge in [0, 0.05) is 58.9 Å². The van der Waals surface area contributed by atoms with Gasteiger partial charge in [0.25, 0.3) is 0 Å². The molecule has 0 aromatic heterocycles. The normalized spacial score (nSPS) is 19.2. The Morgan fingerprint density at radius 3 is 2.15 bits per heavy atom. The lowest BCUT2D eigenvalue weighted by atomic mass is 9.71. The maximum Gasteiger partial charge on any atom is 0.161 e. The summed E-state index contributed by atoms with van der Waals surface area (Å²) >= 11 is 6.45. The first-order valence-corrected chi connectivity index (χ1v) is 13.1. The van der Waals surface area contributed by atoms with Crippen LogP contribution in [-0.4, -0.2) is 30.1 Å². The van der Waals surface area contributed by atoms with Crippen molar-refractivity contribution in [1.29, 1.82) is 0 Å². The van der Waals surface area contributed by atoms with Crippen LogP contribution in [0.15, 0.2) is 40.7 Å². The quantitative estimate of drug-likeness (QED) is 0.361. The van der Waals surface area contributed by atoms with Gasteiger partial charge in [-0.1, -0.05) is 50.6 Å². The van der Waals surface area contributed by atoms with E-state index in [4.69, 9.17) is 16.3 Å². The highest BCUT2D eigenvalue weighted by molar-refractivity contribution is 6.30. The lowest BCUT2D eigenvalue weighted by Crippen LogP contribution is -2.37. The molecule has 0 saturated carbocycles. The molecule has 1 aliphatic heterocycles. The minimum absolute atomic E-state index is 0.153. The standard InChI is InChI=1S/C28H36ClNO3/c1-3-4-5-6-7-8-17-33-25-16-15-19(29)18-20(25)26-27-21(11-9-13-23(27)31)30(2)22-12-10-14-24(32)28(22)26/h15-16,18,26H,3-14,17H2,1-2H3. The Kier molecular flexibility index (Phi) is 7.95. The molecule has 0 bridgehead atoms. The number of ether oxygens (including phenoxy) is 1. The van der Waals surface area contributed by atoms with Crippen LogP contribution in [0.25, 0.3) is 0 Å². The second kappa shape index (κ2) is 10.9. The van der Waals surface area contributed by atoms with E-state index >= 15 is 0 Å². The Morgan fingerprint density at radius 1 is 0.909 bits per heavy atom. The third-order valence-corrected chi connectivity index (χ3v) is 7.52. The number of unbranched alkanes of at least 4 members (excludes halogenated alkanes) is 5. The minimum Gasteiger partial charge on any atom is -0.493 e. The van der Waals surface area contributed by atoms with E-state index in [0.717, 1.165) is 72.4 Å². The molecule has 5 heteroatoms. The molecule has 0 atom stereocenters. The van der Waals surface area contributed by atoms with Crippen molar-refractivity contribution in [1.82, 2.24) is 4.90 Å². The summed E-state index contributed by atoms with van der Waals surface area (Å²) < 4.78 is 6.27. The van der Waals surface area contributed by atoms with Crippen LogP contribution in [-0.2, 0) is 9.59 Å². The lowest BCUT2D eigenvalue weighted by Gasteiger charge is -2.42. The van der Waals surface area contributed by atoms with Crippen LogP contribution >= 0.6 is 11.6 Å². The zero-order valence-corrected chi connectivity index (χ0v) is 20.8. The highest BCUT2D eigenvalue weighted by Gasteiger charge is 2.43. The van der Waals surface area contributed by atoms with Crippen molar-refractivity contribution in [3.63, 3.8) is 0 Å². The maximum absolute atomic E-state index is 13.2. The highest BCUT2D eigenvalue weighted by atomic mass is 35.5. The minimum atomic E-state index is -0.370. The van der Waals surface area contributed by atoms with Gasteiger partial charge in [0.05, 0.1) is 6.61 Å². The summed E-state index contributed by atoms with van der Waals surface area (Å²) in [6.07, 6.45) is 11.7. The first kappa shape index (κ1) is 24.1. The second-order valence-corrected chi connectivity index (χ2v) is 10.0. The van der Waals surface area contributed by atoms with Crippen LogP contribution in [0.4, 0.5) is 0 Å². The number of Topliss-reactive ketones (excluding diaryl/α,β-unsaturated/α-hetero) is 2. The molecule has 1 heterocycles. The van der Waals surface area contributed by atoms with E-state index in [1.807, 2.05) is 25.2 Å². The monoisotopic (exact) mass is 469 g/mol. The third kappa shape index (κ3) is 5.06. The molecule has 1 aromatic rings. The molecule has 4 nitrogen and oxygen atoms in total. The number of halogens is 1. The number of hydrogen-bond donors (Lipinski definition) is 0. The van der Waals surface area contributed by atoms with Crippen LogP contribution < -0.4 is 4.74 Å². The first-order valence-electron chi connectivity index (χ1n) is 12.7. The number of benzene rings is 1. The predicted octanol–water partition coefficient (Wildman–Crippen LogP) is 7.12. The number of allylic oxidation sites excluding steroid dienone is 4. The van der Waals surface area contributed by atoms with Crippen molar-refractivity contribution in [2.45, 2.75) is 89.9 Å². The van der Waals surface area contributed by atoms with Gasteiger partial charge in [0.2, 0.25) is 0 Å². The Hall–Kier alpha value is -2.07. The summed E-state index contributed by atoms with van der Waals surface area (Å²) in [5.74, 6) is 0.683. The molecule has 33 heavy (non-hydrogen) atoms. The van der Waals surface area contributed by atoms with E-state index in [0.29, 0.717) is 24.5 Å². The molecule has 0 spiro atoms. The van der Waals surface area contributed by atoms with Crippen molar-refractivity contribution in [2.24, 2.45) is 0 Å². The molecule has 0 N–H and O–H groups in total. The van der Waals surface area contributed by atoms with Crippen LogP contribution in [0.1, 0.15) is 95.5 Å². The summed E-state index contributed by atoms with van der Waals surface area (Å²) in [5, 5.41) is 0.603. The average molecular weight is 470 g/mol. The van der Waals surface area contributed by atoms with E-state index in [1.165, 1.54) is 25.7 Å². The van der Waals surface area contributed by atoms with Crippen molar-refractivity contribution in [2.75, 3.05) is 13.7 Å². The molecule has 2 aliphatic carbocycles. The summed E-state index contributed by atoms with van der Waals surface area (Å²) in [4.78, 5) is 28.6. The zero-order chi connectivity index (χ0) is 23.4. The molecule has 3 aliphatic rings. The fourth-order valence-corrected chi connectivity index (χ4v) is 5.78. The molecule has 1 aromatic carbocycles. The van der Waals surface area contributed by atoms with Crippen LogP contribution in [0, 0.1) is 0 Å². The molecule has 178 valence electrons. The van der Waals surface area contributed by atoms with Gasteiger partial charge in [-0.25, -0.2) is 0 Å². The molecule has 0 unspecified atom stereocenters. The summed E-state index contributed by atoms with van der Waals surface area (Å²) in [5.41, 5.74) is 4.58. The van der Waals surface area contributed by atoms with Gasteiger partial charge < -0.3 is 9.64 Å². The number of rotatable bonds is 9. The van der Waals surface area contributed by atoms with Crippen molar-refractivity contribution >= 4 is 23.2 Å². The molecule has 0 saturated heterocycles. The van der Waals surface area contributed by atoms with Gasteiger partial charge in [0.1, 0.15) is 5.75 Å². The Morgan fingerprint density at radius 2 is 1.52 bits per heavy atom. The smallest absolute Gasteiger partial charge is 0.161 e. The number of carbonyl (C=O) groups excluding carboxylic acids is 2. The fourth-order valence-electron chi connectivity index (χ4n) is 5.60.